The molecule has 0 saturated carbocycles. The SMILES string of the molecule is Cc1ccc(CC(=O)N2CCCC[C@@H]2c2c(-c3onc(C)c3C)cnn2C)cc1. The molecule has 1 saturated heterocycles. The molecule has 1 aliphatic heterocycles. The van der Waals surface area contributed by atoms with Gasteiger partial charge in [0.15, 0.2) is 5.76 Å². The van der Waals surface area contributed by atoms with E-state index >= 15 is 0 Å². The first-order valence-corrected chi connectivity index (χ1v) is 10.3. The first-order valence-electron chi connectivity index (χ1n) is 10.3. The number of likely N-dealkylation sites (tertiary alicyclic amines) is 1. The lowest BCUT2D eigenvalue weighted by Gasteiger charge is -2.36. The lowest BCUT2D eigenvalue weighted by Crippen LogP contribution is -2.40. The molecule has 4 rings (SSSR count). The Hall–Kier alpha value is -2.89. The van der Waals surface area contributed by atoms with Gasteiger partial charge in [-0.3, -0.25) is 9.48 Å². The van der Waals surface area contributed by atoms with Crippen molar-refractivity contribution in [3.05, 3.63) is 58.5 Å². The number of aryl methyl sites for hydroxylation is 3. The van der Waals surface area contributed by atoms with Gasteiger partial charge in [-0.25, -0.2) is 0 Å². The van der Waals surface area contributed by atoms with E-state index in [1.54, 1.807) is 0 Å². The number of carbonyl (C=O) groups excluding carboxylic acids is 1. The Morgan fingerprint density at radius 2 is 1.93 bits per heavy atom. The Labute approximate surface area is 171 Å². The summed E-state index contributed by atoms with van der Waals surface area (Å²) in [6, 6.07) is 8.20. The summed E-state index contributed by atoms with van der Waals surface area (Å²) in [6.45, 7) is 6.79. The molecule has 1 aromatic carbocycles. The second-order valence-corrected chi connectivity index (χ2v) is 8.05. The summed E-state index contributed by atoms with van der Waals surface area (Å²) < 4.78 is 7.51. The van der Waals surface area contributed by atoms with Crippen LogP contribution in [0.1, 0.15) is 53.4 Å². The maximum atomic E-state index is 13.2. The van der Waals surface area contributed by atoms with Gasteiger partial charge in [0.1, 0.15) is 0 Å². The molecule has 1 aliphatic rings. The lowest BCUT2D eigenvalue weighted by atomic mass is 9.94. The van der Waals surface area contributed by atoms with Crippen LogP contribution in [0.4, 0.5) is 0 Å². The molecule has 0 bridgehead atoms. The third kappa shape index (κ3) is 3.71. The van der Waals surface area contributed by atoms with Crippen LogP contribution in [0.5, 0.6) is 0 Å². The minimum Gasteiger partial charge on any atom is -0.356 e. The number of aromatic nitrogens is 3. The van der Waals surface area contributed by atoms with Crippen LogP contribution in [0, 0.1) is 20.8 Å². The standard InChI is InChI=1S/C23H28N4O2/c1-15-8-10-18(11-9-15)13-21(28)27-12-6-5-7-20(27)22-19(14-24-26(22)4)23-16(2)17(3)25-29-23/h8-11,14,20H,5-7,12-13H2,1-4H3/t20-/m1/s1. The van der Waals surface area contributed by atoms with Gasteiger partial charge in [0.25, 0.3) is 0 Å². The molecule has 3 heterocycles. The molecule has 1 amide bonds. The van der Waals surface area contributed by atoms with Crippen LogP contribution in [0.15, 0.2) is 35.0 Å². The maximum Gasteiger partial charge on any atom is 0.227 e. The molecule has 6 nitrogen and oxygen atoms in total. The second-order valence-electron chi connectivity index (χ2n) is 8.05. The van der Waals surface area contributed by atoms with Gasteiger partial charge in [0.2, 0.25) is 5.91 Å². The van der Waals surface area contributed by atoms with Crippen LogP contribution in [0.25, 0.3) is 11.3 Å². The van der Waals surface area contributed by atoms with Crippen LogP contribution in [0.2, 0.25) is 0 Å². The van der Waals surface area contributed by atoms with Crippen molar-refractivity contribution in [3.63, 3.8) is 0 Å². The minimum atomic E-state index is -0.00555. The van der Waals surface area contributed by atoms with E-state index in [-0.39, 0.29) is 11.9 Å². The zero-order chi connectivity index (χ0) is 20.5. The van der Waals surface area contributed by atoms with Gasteiger partial charge in [-0.15, -0.1) is 0 Å². The van der Waals surface area contributed by atoms with E-state index in [9.17, 15) is 4.79 Å². The second kappa shape index (κ2) is 7.85. The summed E-state index contributed by atoms with van der Waals surface area (Å²) in [4.78, 5) is 15.3. The van der Waals surface area contributed by atoms with E-state index in [1.165, 1.54) is 5.56 Å². The molecule has 0 N–H and O–H groups in total. The highest BCUT2D eigenvalue weighted by atomic mass is 16.5. The van der Waals surface area contributed by atoms with Crippen LogP contribution in [0.3, 0.4) is 0 Å². The molecule has 3 aromatic rings. The number of carbonyl (C=O) groups is 1. The summed E-state index contributed by atoms with van der Waals surface area (Å²) in [5.74, 6) is 0.915. The molecule has 0 unspecified atom stereocenters. The average Bonchev–Trinajstić information content (AvgIpc) is 3.25. The number of amides is 1. The van der Waals surface area contributed by atoms with E-state index in [4.69, 9.17) is 4.52 Å². The van der Waals surface area contributed by atoms with Crippen molar-refractivity contribution in [3.8, 4) is 11.3 Å². The van der Waals surface area contributed by atoms with E-state index in [0.717, 1.165) is 59.6 Å². The van der Waals surface area contributed by atoms with E-state index in [0.29, 0.717) is 6.42 Å². The Morgan fingerprint density at radius 3 is 2.62 bits per heavy atom. The third-order valence-corrected chi connectivity index (χ3v) is 6.00. The number of piperidine rings is 1. The number of rotatable bonds is 4. The van der Waals surface area contributed by atoms with Gasteiger partial charge in [-0.1, -0.05) is 35.0 Å². The Bertz CT molecular complexity index is 1020. The van der Waals surface area contributed by atoms with Crippen molar-refractivity contribution in [1.82, 2.24) is 19.8 Å². The molecular weight excluding hydrogens is 364 g/mol. The maximum absolute atomic E-state index is 13.2. The summed E-state index contributed by atoms with van der Waals surface area (Å²) >= 11 is 0. The normalized spacial score (nSPS) is 17.0. The smallest absolute Gasteiger partial charge is 0.227 e. The molecule has 6 heteroatoms. The molecule has 0 aliphatic carbocycles. The van der Waals surface area contributed by atoms with Crippen molar-refractivity contribution in [1.29, 1.82) is 0 Å². The first kappa shape index (κ1) is 19.4. The van der Waals surface area contributed by atoms with Crippen LogP contribution in [-0.2, 0) is 18.3 Å². The lowest BCUT2D eigenvalue weighted by molar-refractivity contribution is -0.134. The van der Waals surface area contributed by atoms with Gasteiger partial charge in [0, 0.05) is 19.2 Å². The Morgan fingerprint density at radius 1 is 1.17 bits per heavy atom. The van der Waals surface area contributed by atoms with Gasteiger partial charge in [-0.05, 0) is 45.6 Å². The zero-order valence-electron chi connectivity index (χ0n) is 17.6. The van der Waals surface area contributed by atoms with Crippen molar-refractivity contribution >= 4 is 5.91 Å². The van der Waals surface area contributed by atoms with Crippen LogP contribution in [-0.4, -0.2) is 32.3 Å². The van der Waals surface area contributed by atoms with Crippen molar-refractivity contribution < 1.29 is 9.32 Å². The summed E-state index contributed by atoms with van der Waals surface area (Å²) in [5.41, 5.74) is 6.12. The largest absolute Gasteiger partial charge is 0.356 e. The molecule has 29 heavy (non-hydrogen) atoms. The minimum absolute atomic E-state index is 0.00555. The van der Waals surface area contributed by atoms with Gasteiger partial charge >= 0.3 is 0 Å². The fourth-order valence-corrected chi connectivity index (χ4v) is 4.18. The Balaban J connectivity index is 1.66. The topological polar surface area (TPSA) is 64.2 Å². The average molecular weight is 393 g/mol. The molecule has 1 fully saturated rings. The number of hydrogen-bond acceptors (Lipinski definition) is 4. The van der Waals surface area contributed by atoms with Crippen molar-refractivity contribution in [2.75, 3.05) is 6.54 Å². The molecule has 1 atom stereocenters. The monoisotopic (exact) mass is 392 g/mol. The number of nitrogens with zero attached hydrogens (tertiary/aromatic N) is 4. The molecule has 2 aromatic heterocycles. The highest BCUT2D eigenvalue weighted by Gasteiger charge is 2.33. The van der Waals surface area contributed by atoms with E-state index in [2.05, 4.69) is 29.3 Å². The fourth-order valence-electron chi connectivity index (χ4n) is 4.18. The van der Waals surface area contributed by atoms with Gasteiger partial charge in [-0.2, -0.15) is 5.10 Å². The predicted molar refractivity (Wildman–Crippen MR) is 111 cm³/mol. The van der Waals surface area contributed by atoms with Gasteiger partial charge < -0.3 is 9.42 Å². The fraction of sp³-hybridized carbons (Fsp3) is 0.435. The van der Waals surface area contributed by atoms with Crippen molar-refractivity contribution in [2.45, 2.75) is 52.5 Å². The summed E-state index contributed by atoms with van der Waals surface area (Å²) in [5, 5.41) is 8.61. The number of hydrogen-bond donors (Lipinski definition) is 0. The number of benzene rings is 1. The van der Waals surface area contributed by atoms with E-state index < -0.39 is 0 Å². The molecule has 0 spiro atoms. The van der Waals surface area contributed by atoms with Crippen LogP contribution < -0.4 is 0 Å². The first-order chi connectivity index (χ1) is 14.0. The quantitative estimate of drug-likeness (QED) is 0.664. The highest BCUT2D eigenvalue weighted by Crippen LogP contribution is 2.38. The molecule has 152 valence electrons. The molecule has 0 radical (unpaired) electrons. The predicted octanol–water partition coefficient (Wildman–Crippen LogP) is 4.30. The molecular formula is C23H28N4O2. The summed E-state index contributed by atoms with van der Waals surface area (Å²) in [6.07, 6.45) is 5.31. The summed E-state index contributed by atoms with van der Waals surface area (Å²) in [7, 11) is 1.94. The third-order valence-electron chi connectivity index (χ3n) is 6.00. The van der Waals surface area contributed by atoms with E-state index in [1.807, 2.05) is 48.8 Å². The highest BCUT2D eigenvalue weighted by molar-refractivity contribution is 5.80. The Kier molecular flexibility index (Phi) is 5.26. The zero-order valence-corrected chi connectivity index (χ0v) is 17.6. The van der Waals surface area contributed by atoms with Gasteiger partial charge in [0.05, 0.1) is 35.6 Å². The van der Waals surface area contributed by atoms with Crippen molar-refractivity contribution in [2.24, 2.45) is 7.05 Å². The van der Waals surface area contributed by atoms with Crippen LogP contribution >= 0.6 is 0 Å².